The predicted octanol–water partition coefficient (Wildman–Crippen LogP) is 4.02. The summed E-state index contributed by atoms with van der Waals surface area (Å²) in [5.41, 5.74) is 2.10. The first-order valence-electron chi connectivity index (χ1n) is 8.34. The molecule has 0 amide bonds. The van der Waals surface area contributed by atoms with Gasteiger partial charge in [-0.25, -0.2) is 9.48 Å². The van der Waals surface area contributed by atoms with Crippen molar-refractivity contribution < 1.29 is 14.5 Å². The molecule has 0 aliphatic rings. The monoisotopic (exact) mass is 363 g/mol. The van der Waals surface area contributed by atoms with Gasteiger partial charge >= 0.3 is 5.97 Å². The molecule has 0 saturated carbocycles. The van der Waals surface area contributed by atoms with Crippen LogP contribution in [-0.4, -0.2) is 27.3 Å². The molecular weight excluding hydrogens is 346 g/mol. The molecule has 2 aromatic carbocycles. The second kappa shape index (κ2) is 8.09. The van der Waals surface area contributed by atoms with E-state index in [1.165, 1.54) is 12.1 Å². The van der Waals surface area contributed by atoms with Gasteiger partial charge in [-0.2, -0.15) is 5.10 Å². The molecule has 0 atom stereocenters. The molecule has 3 rings (SSSR count). The highest BCUT2D eigenvalue weighted by molar-refractivity contribution is 5.89. The van der Waals surface area contributed by atoms with Gasteiger partial charge in [-0.15, -0.1) is 0 Å². The zero-order chi connectivity index (χ0) is 19.2. The molecular formula is C20H17N3O4. The molecule has 0 N–H and O–H groups in total. The first-order valence-corrected chi connectivity index (χ1v) is 8.34. The van der Waals surface area contributed by atoms with Gasteiger partial charge in [0.05, 0.1) is 22.8 Å². The fourth-order valence-electron chi connectivity index (χ4n) is 2.61. The second-order valence-electron chi connectivity index (χ2n) is 5.57. The largest absolute Gasteiger partial charge is 0.463 e. The highest BCUT2D eigenvalue weighted by atomic mass is 16.6. The van der Waals surface area contributed by atoms with Crippen molar-refractivity contribution in [3.8, 4) is 16.9 Å². The van der Waals surface area contributed by atoms with Gasteiger partial charge in [0.2, 0.25) is 0 Å². The van der Waals surface area contributed by atoms with Crippen molar-refractivity contribution in [1.82, 2.24) is 9.78 Å². The molecule has 0 unspecified atom stereocenters. The number of para-hydroxylation sites is 2. The van der Waals surface area contributed by atoms with Gasteiger partial charge in [0.15, 0.2) is 0 Å². The van der Waals surface area contributed by atoms with Crippen LogP contribution >= 0.6 is 0 Å². The molecule has 0 fully saturated rings. The number of ether oxygens (including phenoxy) is 1. The molecule has 0 aliphatic carbocycles. The van der Waals surface area contributed by atoms with E-state index in [0.717, 1.165) is 5.69 Å². The normalized spacial score (nSPS) is 10.9. The number of benzene rings is 2. The SMILES string of the molecule is CCOC(=O)/C=C/c1cn(-c2ccccc2)nc1-c1ccccc1[N+](=O)[O-]. The Morgan fingerprint density at radius 1 is 1.19 bits per heavy atom. The van der Waals surface area contributed by atoms with Crippen LogP contribution in [0.3, 0.4) is 0 Å². The molecule has 0 saturated heterocycles. The molecule has 27 heavy (non-hydrogen) atoms. The van der Waals surface area contributed by atoms with Crippen LogP contribution < -0.4 is 0 Å². The Labute approximate surface area is 155 Å². The van der Waals surface area contributed by atoms with E-state index in [4.69, 9.17) is 4.74 Å². The first-order chi connectivity index (χ1) is 13.1. The van der Waals surface area contributed by atoms with Crippen LogP contribution in [0.15, 0.2) is 66.9 Å². The fraction of sp³-hybridized carbons (Fsp3) is 0.100. The van der Waals surface area contributed by atoms with E-state index in [1.807, 2.05) is 30.3 Å². The molecule has 7 nitrogen and oxygen atoms in total. The Morgan fingerprint density at radius 3 is 2.59 bits per heavy atom. The van der Waals surface area contributed by atoms with Crippen molar-refractivity contribution >= 4 is 17.7 Å². The van der Waals surface area contributed by atoms with Crippen LogP contribution in [0.2, 0.25) is 0 Å². The lowest BCUT2D eigenvalue weighted by Crippen LogP contribution is -1.98. The summed E-state index contributed by atoms with van der Waals surface area (Å²) in [5.74, 6) is -0.488. The quantitative estimate of drug-likeness (QED) is 0.286. The summed E-state index contributed by atoms with van der Waals surface area (Å²) in [4.78, 5) is 22.6. The third-order valence-corrected chi connectivity index (χ3v) is 3.80. The average Bonchev–Trinajstić information content (AvgIpc) is 3.11. The fourth-order valence-corrected chi connectivity index (χ4v) is 2.61. The second-order valence-corrected chi connectivity index (χ2v) is 5.57. The van der Waals surface area contributed by atoms with Gasteiger partial charge < -0.3 is 4.74 Å². The van der Waals surface area contributed by atoms with Gasteiger partial charge in [0.25, 0.3) is 5.69 Å². The summed E-state index contributed by atoms with van der Waals surface area (Å²) < 4.78 is 6.52. The van der Waals surface area contributed by atoms with E-state index in [9.17, 15) is 14.9 Å². The highest BCUT2D eigenvalue weighted by Gasteiger charge is 2.20. The Hall–Kier alpha value is -3.74. The zero-order valence-corrected chi connectivity index (χ0v) is 14.6. The first kappa shape index (κ1) is 18.1. The Balaban J connectivity index is 2.13. The number of rotatable bonds is 6. The summed E-state index contributed by atoms with van der Waals surface area (Å²) in [6, 6.07) is 15.7. The van der Waals surface area contributed by atoms with E-state index >= 15 is 0 Å². The van der Waals surface area contributed by atoms with Crippen LogP contribution in [0.1, 0.15) is 12.5 Å². The Kier molecular flexibility index (Phi) is 5.41. The van der Waals surface area contributed by atoms with Crippen molar-refractivity contribution in [3.63, 3.8) is 0 Å². The summed E-state index contributed by atoms with van der Waals surface area (Å²) in [6.07, 6.45) is 4.56. The molecule has 3 aromatic rings. The summed E-state index contributed by atoms with van der Waals surface area (Å²) in [7, 11) is 0. The van der Waals surface area contributed by atoms with Gasteiger partial charge in [0.1, 0.15) is 5.69 Å². The molecule has 0 bridgehead atoms. The van der Waals surface area contributed by atoms with Crippen LogP contribution in [0.5, 0.6) is 0 Å². The molecule has 7 heteroatoms. The Morgan fingerprint density at radius 2 is 1.89 bits per heavy atom. The summed E-state index contributed by atoms with van der Waals surface area (Å²) >= 11 is 0. The smallest absolute Gasteiger partial charge is 0.330 e. The number of nitrogens with zero attached hydrogens (tertiary/aromatic N) is 3. The number of hydrogen-bond acceptors (Lipinski definition) is 5. The van der Waals surface area contributed by atoms with Crippen LogP contribution in [0.4, 0.5) is 5.69 Å². The maximum atomic E-state index is 11.7. The maximum Gasteiger partial charge on any atom is 0.330 e. The van der Waals surface area contributed by atoms with Gasteiger partial charge in [0, 0.05) is 23.9 Å². The average molecular weight is 363 g/mol. The minimum absolute atomic E-state index is 0.0541. The molecule has 0 spiro atoms. The molecule has 0 aliphatic heterocycles. The molecule has 0 radical (unpaired) electrons. The standard InChI is InChI=1S/C20H17N3O4/c1-2-27-19(24)13-12-15-14-22(16-8-4-3-5-9-16)21-20(15)17-10-6-7-11-18(17)23(25)26/h3-14H,2H2,1H3/b13-12+. The van der Waals surface area contributed by atoms with Gasteiger partial charge in [-0.1, -0.05) is 30.3 Å². The number of esters is 1. The third kappa shape index (κ3) is 4.09. The van der Waals surface area contributed by atoms with Crippen molar-refractivity contribution in [2.75, 3.05) is 6.61 Å². The van der Waals surface area contributed by atoms with Gasteiger partial charge in [-0.3, -0.25) is 10.1 Å². The lowest BCUT2D eigenvalue weighted by atomic mass is 10.1. The van der Waals surface area contributed by atoms with E-state index in [1.54, 1.807) is 42.1 Å². The van der Waals surface area contributed by atoms with Crippen LogP contribution in [0.25, 0.3) is 23.0 Å². The van der Waals surface area contributed by atoms with E-state index < -0.39 is 10.9 Å². The third-order valence-electron chi connectivity index (χ3n) is 3.80. The predicted molar refractivity (Wildman–Crippen MR) is 101 cm³/mol. The number of aromatic nitrogens is 2. The molecule has 1 aromatic heterocycles. The number of nitro groups is 1. The highest BCUT2D eigenvalue weighted by Crippen LogP contribution is 2.32. The number of nitro benzene ring substituents is 1. The molecule has 1 heterocycles. The molecule has 136 valence electrons. The van der Waals surface area contributed by atoms with Crippen molar-refractivity contribution in [2.24, 2.45) is 0 Å². The minimum atomic E-state index is -0.488. The summed E-state index contributed by atoms with van der Waals surface area (Å²) in [5, 5.41) is 15.9. The lowest BCUT2D eigenvalue weighted by molar-refractivity contribution is -0.384. The minimum Gasteiger partial charge on any atom is -0.463 e. The van der Waals surface area contributed by atoms with E-state index in [-0.39, 0.29) is 12.3 Å². The lowest BCUT2D eigenvalue weighted by Gasteiger charge is -2.02. The van der Waals surface area contributed by atoms with Crippen molar-refractivity contribution in [2.45, 2.75) is 6.92 Å². The van der Waals surface area contributed by atoms with Crippen LogP contribution in [0, 0.1) is 10.1 Å². The van der Waals surface area contributed by atoms with Crippen molar-refractivity contribution in [1.29, 1.82) is 0 Å². The van der Waals surface area contributed by atoms with E-state index in [2.05, 4.69) is 5.10 Å². The number of hydrogen-bond donors (Lipinski definition) is 0. The number of carbonyl (C=O) groups excluding carboxylic acids is 1. The summed E-state index contributed by atoms with van der Waals surface area (Å²) in [6.45, 7) is 1.99. The van der Waals surface area contributed by atoms with Gasteiger partial charge in [-0.05, 0) is 31.2 Å². The zero-order valence-electron chi connectivity index (χ0n) is 14.6. The maximum absolute atomic E-state index is 11.7. The van der Waals surface area contributed by atoms with Crippen molar-refractivity contribution in [3.05, 3.63) is 82.5 Å². The van der Waals surface area contributed by atoms with Crippen LogP contribution in [-0.2, 0) is 9.53 Å². The number of carbonyl (C=O) groups is 1. The Bertz CT molecular complexity index is 993. The topological polar surface area (TPSA) is 87.3 Å². The van der Waals surface area contributed by atoms with E-state index in [0.29, 0.717) is 16.8 Å².